The largest absolute Gasteiger partial charge is 0.494 e. The number of para-hydroxylation sites is 1. The van der Waals surface area contributed by atoms with Gasteiger partial charge in [-0.3, -0.25) is 9.59 Å². The molecule has 2 aromatic heterocycles. The number of nitriles is 1. The number of aromatic nitrogens is 3. The van der Waals surface area contributed by atoms with Crippen LogP contribution in [0.5, 0.6) is 5.75 Å². The van der Waals surface area contributed by atoms with E-state index < -0.39 is 0 Å². The van der Waals surface area contributed by atoms with E-state index in [2.05, 4.69) is 16.2 Å². The van der Waals surface area contributed by atoms with Crippen LogP contribution in [0.25, 0.3) is 16.6 Å². The molecule has 150 valence electrons. The van der Waals surface area contributed by atoms with Gasteiger partial charge in [0.2, 0.25) is 0 Å². The van der Waals surface area contributed by atoms with Gasteiger partial charge < -0.3 is 14.6 Å². The summed E-state index contributed by atoms with van der Waals surface area (Å²) in [4.78, 5) is 30.2. The second-order valence-corrected chi connectivity index (χ2v) is 6.58. The lowest BCUT2D eigenvalue weighted by Crippen LogP contribution is -2.32. The summed E-state index contributed by atoms with van der Waals surface area (Å²) in [6.07, 6.45) is 1.60. The van der Waals surface area contributed by atoms with E-state index in [1.54, 1.807) is 47.0 Å². The summed E-state index contributed by atoms with van der Waals surface area (Å²) in [6, 6.07) is 16.2. The number of aromatic amines is 1. The second-order valence-electron chi connectivity index (χ2n) is 6.58. The van der Waals surface area contributed by atoms with Crippen molar-refractivity contribution >= 4 is 28.1 Å². The topological polar surface area (TPSA) is 103 Å². The number of H-pyrrole nitrogens is 1. The van der Waals surface area contributed by atoms with E-state index in [-0.39, 0.29) is 30.0 Å². The minimum atomic E-state index is -0.352. The molecule has 0 aliphatic carbocycles. The number of nitrogens with one attached hydrogen (secondary N) is 1. The molecule has 2 aromatic carbocycles. The Morgan fingerprint density at radius 1 is 1.23 bits per heavy atom. The monoisotopic (exact) mass is 401 g/mol. The summed E-state index contributed by atoms with van der Waals surface area (Å²) >= 11 is 0. The SMILES string of the molecule is CCOc1ccc(N(CCC#N)C(=O)c2cnn3c2[nH]c(=O)c2ccccc23)cc1. The number of carbonyl (C=O) groups is 1. The summed E-state index contributed by atoms with van der Waals surface area (Å²) in [7, 11) is 0. The zero-order valence-electron chi connectivity index (χ0n) is 16.3. The van der Waals surface area contributed by atoms with E-state index >= 15 is 0 Å². The molecule has 0 saturated carbocycles. The Kier molecular flexibility index (Phi) is 5.18. The summed E-state index contributed by atoms with van der Waals surface area (Å²) < 4.78 is 7.00. The van der Waals surface area contributed by atoms with Gasteiger partial charge in [-0.25, -0.2) is 4.52 Å². The number of amides is 1. The van der Waals surface area contributed by atoms with E-state index in [0.29, 0.717) is 34.6 Å². The molecule has 1 N–H and O–H groups in total. The first-order valence-corrected chi connectivity index (χ1v) is 9.54. The molecular weight excluding hydrogens is 382 g/mol. The van der Waals surface area contributed by atoms with E-state index in [9.17, 15) is 9.59 Å². The summed E-state index contributed by atoms with van der Waals surface area (Å²) in [5.41, 5.74) is 1.51. The molecule has 1 amide bonds. The lowest BCUT2D eigenvalue weighted by atomic mass is 10.2. The van der Waals surface area contributed by atoms with Gasteiger partial charge in [-0.1, -0.05) is 12.1 Å². The Balaban J connectivity index is 1.79. The standard InChI is InChI=1S/C22H19N5O3/c1-2-30-16-10-8-15(9-11-16)26(13-5-12-23)22(29)18-14-24-27-19-7-4-3-6-17(19)21(28)25-20(18)27/h3-4,6-11,14H,2,5,13H2,1H3,(H,25,28). The van der Waals surface area contributed by atoms with E-state index in [1.807, 2.05) is 13.0 Å². The highest BCUT2D eigenvalue weighted by Gasteiger charge is 2.23. The van der Waals surface area contributed by atoms with Crippen molar-refractivity contribution in [3.63, 3.8) is 0 Å². The molecule has 8 nitrogen and oxygen atoms in total. The number of carbonyl (C=O) groups excluding carboxylic acids is 1. The Morgan fingerprint density at radius 3 is 2.73 bits per heavy atom. The maximum Gasteiger partial charge on any atom is 0.263 e. The van der Waals surface area contributed by atoms with Crippen molar-refractivity contribution < 1.29 is 9.53 Å². The maximum atomic E-state index is 13.4. The minimum Gasteiger partial charge on any atom is -0.494 e. The third-order valence-corrected chi connectivity index (χ3v) is 4.76. The molecule has 0 radical (unpaired) electrons. The lowest BCUT2D eigenvalue weighted by Gasteiger charge is -2.21. The molecule has 0 unspecified atom stereocenters. The fraction of sp³-hybridized carbons (Fsp3) is 0.182. The van der Waals surface area contributed by atoms with Gasteiger partial charge in [0.25, 0.3) is 11.5 Å². The highest BCUT2D eigenvalue weighted by atomic mass is 16.5. The number of ether oxygens (including phenoxy) is 1. The third kappa shape index (κ3) is 3.37. The van der Waals surface area contributed by atoms with Gasteiger partial charge in [-0.15, -0.1) is 0 Å². The van der Waals surface area contributed by atoms with E-state index in [4.69, 9.17) is 10.00 Å². The van der Waals surface area contributed by atoms with Crippen molar-refractivity contribution in [3.8, 4) is 11.8 Å². The van der Waals surface area contributed by atoms with Crippen LogP contribution in [0.2, 0.25) is 0 Å². The average molecular weight is 401 g/mol. The fourth-order valence-electron chi connectivity index (χ4n) is 3.38. The van der Waals surface area contributed by atoms with Crippen molar-refractivity contribution in [2.45, 2.75) is 13.3 Å². The quantitative estimate of drug-likeness (QED) is 0.535. The van der Waals surface area contributed by atoms with Crippen molar-refractivity contribution in [1.29, 1.82) is 5.26 Å². The van der Waals surface area contributed by atoms with Crippen LogP contribution in [0.15, 0.2) is 59.5 Å². The van der Waals surface area contributed by atoms with Gasteiger partial charge >= 0.3 is 0 Å². The molecule has 30 heavy (non-hydrogen) atoms. The van der Waals surface area contributed by atoms with Gasteiger partial charge in [0, 0.05) is 12.2 Å². The molecule has 0 fully saturated rings. The first kappa shape index (κ1) is 19.2. The molecule has 8 heteroatoms. The van der Waals surface area contributed by atoms with Crippen LogP contribution in [0.4, 0.5) is 5.69 Å². The molecule has 0 atom stereocenters. The van der Waals surface area contributed by atoms with Gasteiger partial charge in [0.05, 0.1) is 36.2 Å². The minimum absolute atomic E-state index is 0.164. The first-order valence-electron chi connectivity index (χ1n) is 9.54. The second kappa shape index (κ2) is 8.09. The molecular formula is C22H19N5O3. The van der Waals surface area contributed by atoms with E-state index in [0.717, 1.165) is 0 Å². The zero-order valence-corrected chi connectivity index (χ0v) is 16.3. The number of benzene rings is 2. The smallest absolute Gasteiger partial charge is 0.263 e. The van der Waals surface area contributed by atoms with Crippen molar-refractivity contribution in [1.82, 2.24) is 14.6 Å². The number of anilines is 1. The highest BCUT2D eigenvalue weighted by molar-refractivity contribution is 6.10. The Hall–Kier alpha value is -4.12. The molecule has 0 bridgehead atoms. The first-order chi connectivity index (χ1) is 14.6. The van der Waals surface area contributed by atoms with Gasteiger partial charge in [-0.2, -0.15) is 10.4 Å². The van der Waals surface area contributed by atoms with E-state index in [1.165, 1.54) is 11.1 Å². The Labute approximate surface area is 171 Å². The fourth-order valence-corrected chi connectivity index (χ4v) is 3.38. The third-order valence-electron chi connectivity index (χ3n) is 4.76. The molecule has 0 aliphatic rings. The van der Waals surface area contributed by atoms with Crippen LogP contribution in [0.1, 0.15) is 23.7 Å². The highest BCUT2D eigenvalue weighted by Crippen LogP contribution is 2.23. The number of nitrogens with zero attached hydrogens (tertiary/aromatic N) is 4. The number of rotatable bonds is 6. The van der Waals surface area contributed by atoms with Gasteiger partial charge in [0.1, 0.15) is 17.0 Å². The normalized spacial score (nSPS) is 10.8. The van der Waals surface area contributed by atoms with Crippen LogP contribution in [-0.4, -0.2) is 33.7 Å². The van der Waals surface area contributed by atoms with Gasteiger partial charge in [-0.05, 0) is 43.3 Å². The number of hydrogen-bond donors (Lipinski definition) is 1. The summed E-state index contributed by atoms with van der Waals surface area (Å²) in [6.45, 7) is 2.64. The lowest BCUT2D eigenvalue weighted by molar-refractivity contribution is 0.0989. The molecule has 4 rings (SSSR count). The number of hydrogen-bond acceptors (Lipinski definition) is 5. The van der Waals surface area contributed by atoms with Crippen LogP contribution in [-0.2, 0) is 0 Å². The van der Waals surface area contributed by atoms with Crippen molar-refractivity contribution in [3.05, 3.63) is 70.6 Å². The molecule has 0 saturated heterocycles. The van der Waals surface area contributed by atoms with Crippen LogP contribution >= 0.6 is 0 Å². The molecule has 0 aliphatic heterocycles. The average Bonchev–Trinajstić information content (AvgIpc) is 3.19. The molecule has 0 spiro atoms. The Morgan fingerprint density at radius 2 is 2.00 bits per heavy atom. The van der Waals surface area contributed by atoms with Crippen molar-refractivity contribution in [2.75, 3.05) is 18.1 Å². The predicted octanol–water partition coefficient (Wildman–Crippen LogP) is 3.13. The molecule has 2 heterocycles. The van der Waals surface area contributed by atoms with Crippen molar-refractivity contribution in [2.24, 2.45) is 0 Å². The predicted molar refractivity (Wildman–Crippen MR) is 113 cm³/mol. The van der Waals surface area contributed by atoms with Crippen LogP contribution < -0.4 is 15.2 Å². The summed E-state index contributed by atoms with van der Waals surface area (Å²) in [5, 5.41) is 13.8. The summed E-state index contributed by atoms with van der Waals surface area (Å²) in [5.74, 6) is 0.344. The maximum absolute atomic E-state index is 13.4. The molecule has 4 aromatic rings. The zero-order chi connectivity index (χ0) is 21.1. The van der Waals surface area contributed by atoms with Gasteiger partial charge in [0.15, 0.2) is 0 Å². The van der Waals surface area contributed by atoms with Crippen LogP contribution in [0, 0.1) is 11.3 Å². The Bertz CT molecular complexity index is 1310. The number of fused-ring (bicyclic) bond motifs is 3. The van der Waals surface area contributed by atoms with Crippen LogP contribution in [0.3, 0.4) is 0 Å².